The second kappa shape index (κ2) is 9.34. The number of rotatable bonds is 9. The molecule has 3 heterocycles. The molecule has 6 nitrogen and oxygen atoms in total. The minimum absolute atomic E-state index is 0.0639. The number of carbonyl (C=O) groups is 1. The first-order valence-electron chi connectivity index (χ1n) is 10.3. The van der Waals surface area contributed by atoms with Crippen LogP contribution in [0.3, 0.4) is 0 Å². The second-order valence-corrected chi connectivity index (χ2v) is 8.51. The molecule has 1 N–H and O–H groups in total. The number of hydrogen-bond donors (Lipinski definition) is 1. The molecule has 0 aliphatic rings. The van der Waals surface area contributed by atoms with Crippen molar-refractivity contribution in [3.63, 3.8) is 0 Å². The van der Waals surface area contributed by atoms with Crippen LogP contribution in [0.4, 0.5) is 0 Å². The van der Waals surface area contributed by atoms with Crippen LogP contribution in [0.5, 0.6) is 0 Å². The monoisotopic (exact) mass is 421 g/mol. The van der Waals surface area contributed by atoms with Crippen LogP contribution in [0.1, 0.15) is 36.7 Å². The molecular formula is C23H27N5OS. The van der Waals surface area contributed by atoms with Gasteiger partial charge in [0.25, 0.3) is 0 Å². The van der Waals surface area contributed by atoms with Crippen LogP contribution in [-0.4, -0.2) is 37.1 Å². The molecule has 0 aliphatic carbocycles. The molecule has 1 amide bonds. The lowest BCUT2D eigenvalue weighted by Gasteiger charge is -2.17. The fraction of sp³-hybridized carbons (Fsp3) is 0.348. The lowest BCUT2D eigenvalue weighted by Crippen LogP contribution is -2.30. The maximum absolute atomic E-state index is 12.7. The first-order valence-corrected chi connectivity index (χ1v) is 11.7. The van der Waals surface area contributed by atoms with Gasteiger partial charge in [-0.2, -0.15) is 11.8 Å². The van der Waals surface area contributed by atoms with Gasteiger partial charge < -0.3 is 9.88 Å². The maximum Gasteiger partial charge on any atom is 0.220 e. The van der Waals surface area contributed by atoms with E-state index < -0.39 is 0 Å². The summed E-state index contributed by atoms with van der Waals surface area (Å²) in [6, 6.07) is 14.1. The molecule has 0 unspecified atom stereocenters. The molecule has 0 spiro atoms. The van der Waals surface area contributed by atoms with Crippen LogP contribution in [0.2, 0.25) is 0 Å². The smallest absolute Gasteiger partial charge is 0.220 e. The van der Waals surface area contributed by atoms with Crippen LogP contribution in [-0.2, 0) is 18.3 Å². The van der Waals surface area contributed by atoms with Crippen molar-refractivity contribution in [1.29, 1.82) is 0 Å². The molecule has 0 aliphatic heterocycles. The van der Waals surface area contributed by atoms with E-state index in [9.17, 15) is 4.79 Å². The number of thioether (sulfide) groups is 1. The average molecular weight is 422 g/mol. The minimum Gasteiger partial charge on any atom is -0.350 e. The molecule has 4 aromatic rings. The van der Waals surface area contributed by atoms with Crippen LogP contribution in [0, 0.1) is 0 Å². The van der Waals surface area contributed by atoms with E-state index in [1.807, 2.05) is 28.8 Å². The number of fused-ring (bicyclic) bond motifs is 2. The molecule has 30 heavy (non-hydrogen) atoms. The Kier molecular flexibility index (Phi) is 6.38. The Bertz CT molecular complexity index is 1150. The predicted molar refractivity (Wildman–Crippen MR) is 123 cm³/mol. The van der Waals surface area contributed by atoms with Crippen molar-refractivity contribution >= 4 is 34.2 Å². The van der Waals surface area contributed by atoms with Gasteiger partial charge in [0.1, 0.15) is 0 Å². The number of benzene rings is 1. The number of carbonyl (C=O) groups excluding carboxylic acids is 1. The van der Waals surface area contributed by atoms with Gasteiger partial charge in [0, 0.05) is 36.8 Å². The van der Waals surface area contributed by atoms with Crippen molar-refractivity contribution in [2.45, 2.75) is 31.7 Å². The second-order valence-electron chi connectivity index (χ2n) is 7.52. The zero-order chi connectivity index (χ0) is 20.9. The summed E-state index contributed by atoms with van der Waals surface area (Å²) in [5.74, 6) is 1.80. The summed E-state index contributed by atoms with van der Waals surface area (Å²) < 4.78 is 4.11. The number of aromatic nitrogens is 4. The third-order valence-corrected chi connectivity index (χ3v) is 6.07. The highest BCUT2D eigenvalue weighted by Crippen LogP contribution is 2.22. The third kappa shape index (κ3) is 4.36. The summed E-state index contributed by atoms with van der Waals surface area (Å²) in [6.07, 6.45) is 9.22. The first-order chi connectivity index (χ1) is 14.7. The number of para-hydroxylation sites is 1. The first kappa shape index (κ1) is 20.5. The van der Waals surface area contributed by atoms with E-state index in [0.29, 0.717) is 6.42 Å². The summed E-state index contributed by atoms with van der Waals surface area (Å²) in [7, 11) is 2.07. The summed E-state index contributed by atoms with van der Waals surface area (Å²) in [4.78, 5) is 12.7. The highest BCUT2D eigenvalue weighted by molar-refractivity contribution is 7.98. The van der Waals surface area contributed by atoms with Crippen molar-refractivity contribution in [2.75, 3.05) is 12.0 Å². The van der Waals surface area contributed by atoms with E-state index in [-0.39, 0.29) is 11.9 Å². The van der Waals surface area contributed by atoms with Crippen LogP contribution in [0.25, 0.3) is 16.6 Å². The summed E-state index contributed by atoms with van der Waals surface area (Å²) >= 11 is 1.77. The SMILES string of the molecule is CSCC[C@@H](NC(=O)CCCc1cn(C)c2ccccc12)c1nnc2ccccn12. The molecule has 1 atom stereocenters. The van der Waals surface area contributed by atoms with E-state index in [1.54, 1.807) is 11.8 Å². The van der Waals surface area contributed by atoms with Crippen molar-refractivity contribution in [3.05, 3.63) is 66.2 Å². The lowest BCUT2D eigenvalue weighted by atomic mass is 10.1. The number of hydrogen-bond acceptors (Lipinski definition) is 4. The summed E-state index contributed by atoms with van der Waals surface area (Å²) in [5.41, 5.74) is 3.32. The molecule has 0 saturated heterocycles. The molecule has 0 fully saturated rings. The quantitative estimate of drug-likeness (QED) is 0.441. The normalized spacial score (nSPS) is 12.5. The lowest BCUT2D eigenvalue weighted by molar-refractivity contribution is -0.122. The fourth-order valence-electron chi connectivity index (χ4n) is 3.93. The predicted octanol–water partition coefficient (Wildman–Crippen LogP) is 4.15. The van der Waals surface area contributed by atoms with Crippen LogP contribution < -0.4 is 5.32 Å². The molecule has 0 radical (unpaired) electrons. The van der Waals surface area contributed by atoms with Gasteiger partial charge in [-0.1, -0.05) is 24.3 Å². The van der Waals surface area contributed by atoms with Gasteiger partial charge in [0.15, 0.2) is 11.5 Å². The zero-order valence-corrected chi connectivity index (χ0v) is 18.2. The van der Waals surface area contributed by atoms with Gasteiger partial charge in [0.2, 0.25) is 5.91 Å². The Morgan fingerprint density at radius 1 is 1.17 bits per heavy atom. The number of aryl methyl sites for hydroxylation is 2. The molecular weight excluding hydrogens is 394 g/mol. The maximum atomic E-state index is 12.7. The molecule has 156 valence electrons. The van der Waals surface area contributed by atoms with E-state index in [0.717, 1.165) is 36.5 Å². The fourth-order valence-corrected chi connectivity index (χ4v) is 4.40. The van der Waals surface area contributed by atoms with Gasteiger partial charge in [-0.25, -0.2) is 0 Å². The third-order valence-electron chi connectivity index (χ3n) is 5.43. The van der Waals surface area contributed by atoms with Gasteiger partial charge in [-0.15, -0.1) is 10.2 Å². The minimum atomic E-state index is -0.139. The summed E-state index contributed by atoms with van der Waals surface area (Å²) in [5, 5.41) is 13.1. The standard InChI is InChI=1S/C23H27N5OS/c1-27-16-17(18-9-3-4-10-20(18)27)8-7-12-22(29)24-19(13-15-30-2)23-26-25-21-11-5-6-14-28(21)23/h3-6,9-11,14,16,19H,7-8,12-13,15H2,1-2H3,(H,24,29)/t19-/m1/s1. The highest BCUT2D eigenvalue weighted by atomic mass is 32.2. The summed E-state index contributed by atoms with van der Waals surface area (Å²) in [6.45, 7) is 0. The van der Waals surface area contributed by atoms with Gasteiger partial charge in [0.05, 0.1) is 6.04 Å². The number of nitrogens with zero attached hydrogens (tertiary/aromatic N) is 4. The Balaban J connectivity index is 1.40. The van der Waals surface area contributed by atoms with Crippen molar-refractivity contribution in [2.24, 2.45) is 7.05 Å². The Morgan fingerprint density at radius 3 is 2.87 bits per heavy atom. The Morgan fingerprint density at radius 2 is 2.00 bits per heavy atom. The van der Waals surface area contributed by atoms with Crippen LogP contribution >= 0.6 is 11.8 Å². The van der Waals surface area contributed by atoms with E-state index in [1.165, 1.54) is 16.5 Å². The van der Waals surface area contributed by atoms with E-state index in [2.05, 4.69) is 63.8 Å². The largest absolute Gasteiger partial charge is 0.350 e. The molecule has 7 heteroatoms. The average Bonchev–Trinajstić information content (AvgIpc) is 3.33. The van der Waals surface area contributed by atoms with E-state index >= 15 is 0 Å². The highest BCUT2D eigenvalue weighted by Gasteiger charge is 2.20. The van der Waals surface area contributed by atoms with Crippen LogP contribution in [0.15, 0.2) is 54.9 Å². The Labute approximate surface area is 180 Å². The Hall–Kier alpha value is -2.80. The molecule has 0 saturated carbocycles. The topological polar surface area (TPSA) is 64.2 Å². The number of amides is 1. The van der Waals surface area contributed by atoms with Gasteiger partial charge in [-0.05, 0) is 55.0 Å². The molecule has 0 bridgehead atoms. The van der Waals surface area contributed by atoms with Gasteiger partial charge >= 0.3 is 0 Å². The molecule has 4 rings (SSSR count). The van der Waals surface area contributed by atoms with Crippen molar-refractivity contribution in [1.82, 2.24) is 24.5 Å². The number of pyridine rings is 1. The zero-order valence-electron chi connectivity index (χ0n) is 17.4. The van der Waals surface area contributed by atoms with Gasteiger partial charge in [-0.3, -0.25) is 9.20 Å². The molecule has 3 aromatic heterocycles. The van der Waals surface area contributed by atoms with Crippen molar-refractivity contribution < 1.29 is 4.79 Å². The van der Waals surface area contributed by atoms with E-state index in [4.69, 9.17) is 0 Å². The number of nitrogens with one attached hydrogen (secondary N) is 1. The van der Waals surface area contributed by atoms with Crippen molar-refractivity contribution in [3.8, 4) is 0 Å². The molecule has 1 aromatic carbocycles.